The molecule has 112 valence electrons. The maximum absolute atomic E-state index is 11.2. The third kappa shape index (κ3) is 3.46. The number of para-hydroxylation sites is 1. The Morgan fingerprint density at radius 1 is 1.48 bits per heavy atom. The standard InChI is InChI=1S/C13H15N3O4S/c1-2-20-9-5-3-4-8-12(9)15-13(21-7-11(18)19)16(8)6-10(14)17/h3-5H,2,6-7H2,1H3,(H2,14,17)(H,18,19). The van der Waals surface area contributed by atoms with Crippen LogP contribution in [0.1, 0.15) is 6.92 Å². The zero-order valence-corrected chi connectivity index (χ0v) is 12.2. The number of aliphatic carboxylic acids is 1. The van der Waals surface area contributed by atoms with Crippen LogP contribution in [0.25, 0.3) is 11.0 Å². The number of hydrogen-bond acceptors (Lipinski definition) is 5. The number of hydrogen-bond donors (Lipinski definition) is 2. The molecule has 0 aliphatic rings. The molecular weight excluding hydrogens is 294 g/mol. The average Bonchev–Trinajstić information content (AvgIpc) is 2.76. The van der Waals surface area contributed by atoms with Gasteiger partial charge in [-0.25, -0.2) is 4.98 Å². The summed E-state index contributed by atoms with van der Waals surface area (Å²) in [7, 11) is 0. The van der Waals surface area contributed by atoms with Crippen molar-refractivity contribution in [1.29, 1.82) is 0 Å². The Morgan fingerprint density at radius 2 is 2.24 bits per heavy atom. The monoisotopic (exact) mass is 309 g/mol. The largest absolute Gasteiger partial charge is 0.492 e. The van der Waals surface area contributed by atoms with Crippen LogP contribution in [0.2, 0.25) is 0 Å². The van der Waals surface area contributed by atoms with Gasteiger partial charge >= 0.3 is 5.97 Å². The van der Waals surface area contributed by atoms with Crippen LogP contribution in [0.3, 0.4) is 0 Å². The van der Waals surface area contributed by atoms with Crippen LogP contribution in [0.15, 0.2) is 23.4 Å². The van der Waals surface area contributed by atoms with E-state index in [1.54, 1.807) is 22.8 Å². The first-order valence-electron chi connectivity index (χ1n) is 6.28. The van der Waals surface area contributed by atoms with Crippen LogP contribution in [0.4, 0.5) is 0 Å². The Bertz CT molecular complexity index is 683. The first-order valence-corrected chi connectivity index (χ1v) is 7.26. The van der Waals surface area contributed by atoms with Crippen LogP contribution < -0.4 is 10.5 Å². The summed E-state index contributed by atoms with van der Waals surface area (Å²) in [5.41, 5.74) is 6.53. The molecule has 0 saturated carbocycles. The Morgan fingerprint density at radius 3 is 2.86 bits per heavy atom. The van der Waals surface area contributed by atoms with Gasteiger partial charge in [-0.05, 0) is 19.1 Å². The number of carboxylic acid groups (broad SMARTS) is 1. The predicted octanol–water partition coefficient (Wildman–Crippen LogP) is 1.10. The summed E-state index contributed by atoms with van der Waals surface area (Å²) in [6.07, 6.45) is 0. The van der Waals surface area contributed by atoms with Crippen LogP contribution >= 0.6 is 11.8 Å². The van der Waals surface area contributed by atoms with Gasteiger partial charge in [0.25, 0.3) is 0 Å². The Balaban J connectivity index is 2.51. The number of benzene rings is 1. The van der Waals surface area contributed by atoms with Crippen molar-refractivity contribution >= 4 is 34.7 Å². The second-order valence-corrected chi connectivity index (χ2v) is 5.13. The van der Waals surface area contributed by atoms with Gasteiger partial charge in [0.05, 0.1) is 17.9 Å². The number of carbonyl (C=O) groups excluding carboxylic acids is 1. The highest BCUT2D eigenvalue weighted by Crippen LogP contribution is 2.30. The highest BCUT2D eigenvalue weighted by atomic mass is 32.2. The number of rotatable bonds is 7. The molecule has 0 spiro atoms. The second kappa shape index (κ2) is 6.49. The van der Waals surface area contributed by atoms with Gasteiger partial charge in [0.15, 0.2) is 5.16 Å². The fraction of sp³-hybridized carbons (Fsp3) is 0.308. The maximum Gasteiger partial charge on any atom is 0.313 e. The number of primary amides is 1. The minimum atomic E-state index is -0.956. The summed E-state index contributed by atoms with van der Waals surface area (Å²) in [5, 5.41) is 9.22. The summed E-state index contributed by atoms with van der Waals surface area (Å²) >= 11 is 1.04. The third-order valence-electron chi connectivity index (χ3n) is 2.65. The molecule has 0 aliphatic heterocycles. The zero-order chi connectivity index (χ0) is 15.4. The van der Waals surface area contributed by atoms with E-state index >= 15 is 0 Å². The fourth-order valence-electron chi connectivity index (χ4n) is 1.92. The van der Waals surface area contributed by atoms with Gasteiger partial charge in [-0.15, -0.1) is 0 Å². The van der Waals surface area contributed by atoms with E-state index in [0.717, 1.165) is 11.8 Å². The minimum Gasteiger partial charge on any atom is -0.492 e. The summed E-state index contributed by atoms with van der Waals surface area (Å²) in [6, 6.07) is 5.36. The molecule has 1 heterocycles. The van der Waals surface area contributed by atoms with E-state index in [1.165, 1.54) is 0 Å². The lowest BCUT2D eigenvalue weighted by molar-refractivity contribution is -0.133. The highest BCUT2D eigenvalue weighted by molar-refractivity contribution is 7.99. The normalized spacial score (nSPS) is 10.7. The van der Waals surface area contributed by atoms with Crippen molar-refractivity contribution in [1.82, 2.24) is 9.55 Å². The molecule has 2 aromatic rings. The van der Waals surface area contributed by atoms with Crippen molar-refractivity contribution in [2.24, 2.45) is 5.73 Å². The predicted molar refractivity (Wildman–Crippen MR) is 78.5 cm³/mol. The van der Waals surface area contributed by atoms with Crippen LogP contribution in [-0.4, -0.2) is 38.9 Å². The SMILES string of the molecule is CCOc1cccc2c1nc(SCC(=O)O)n2CC(N)=O. The molecule has 1 aromatic heterocycles. The molecule has 21 heavy (non-hydrogen) atoms. The number of nitrogens with two attached hydrogens (primary N) is 1. The molecular formula is C13H15N3O4S. The number of ether oxygens (including phenoxy) is 1. The minimum absolute atomic E-state index is 0.0615. The quantitative estimate of drug-likeness (QED) is 0.741. The molecule has 7 nitrogen and oxygen atoms in total. The number of imidazole rings is 1. The van der Waals surface area contributed by atoms with E-state index < -0.39 is 11.9 Å². The number of aromatic nitrogens is 2. The average molecular weight is 309 g/mol. The summed E-state index contributed by atoms with van der Waals surface area (Å²) in [4.78, 5) is 26.3. The van der Waals surface area contributed by atoms with Crippen molar-refractivity contribution in [2.45, 2.75) is 18.6 Å². The van der Waals surface area contributed by atoms with Crippen molar-refractivity contribution in [3.8, 4) is 5.75 Å². The van der Waals surface area contributed by atoms with E-state index in [4.69, 9.17) is 15.6 Å². The van der Waals surface area contributed by atoms with Gasteiger partial charge in [-0.1, -0.05) is 17.8 Å². The molecule has 1 amide bonds. The van der Waals surface area contributed by atoms with E-state index in [-0.39, 0.29) is 12.3 Å². The zero-order valence-electron chi connectivity index (χ0n) is 11.4. The number of fused-ring (bicyclic) bond motifs is 1. The molecule has 0 unspecified atom stereocenters. The van der Waals surface area contributed by atoms with Crippen molar-refractivity contribution in [2.75, 3.05) is 12.4 Å². The van der Waals surface area contributed by atoms with Crippen LogP contribution in [-0.2, 0) is 16.1 Å². The molecule has 0 bridgehead atoms. The van der Waals surface area contributed by atoms with Gasteiger partial charge in [0.1, 0.15) is 17.8 Å². The molecule has 0 aliphatic carbocycles. The number of carbonyl (C=O) groups is 2. The summed E-state index contributed by atoms with van der Waals surface area (Å²) in [6.45, 7) is 2.28. The number of carboxylic acids is 1. The fourth-order valence-corrected chi connectivity index (χ4v) is 2.64. The topological polar surface area (TPSA) is 107 Å². The molecule has 8 heteroatoms. The van der Waals surface area contributed by atoms with Crippen LogP contribution in [0.5, 0.6) is 5.75 Å². The van der Waals surface area contributed by atoms with Gasteiger partial charge in [0, 0.05) is 0 Å². The van der Waals surface area contributed by atoms with Crippen molar-refractivity contribution in [3.05, 3.63) is 18.2 Å². The van der Waals surface area contributed by atoms with Gasteiger partial charge < -0.3 is 20.1 Å². The molecule has 0 saturated heterocycles. The maximum atomic E-state index is 11.2. The molecule has 0 radical (unpaired) electrons. The summed E-state index contributed by atoms with van der Waals surface area (Å²) < 4.78 is 7.11. The van der Waals surface area contributed by atoms with E-state index in [9.17, 15) is 9.59 Å². The Hall–Kier alpha value is -2.22. The van der Waals surface area contributed by atoms with E-state index in [1.807, 2.05) is 6.92 Å². The van der Waals surface area contributed by atoms with Crippen LogP contribution in [0, 0.1) is 0 Å². The third-order valence-corrected chi connectivity index (χ3v) is 3.61. The Labute approximate surface area is 125 Å². The molecule has 3 N–H and O–H groups in total. The first-order chi connectivity index (χ1) is 10.0. The molecule has 0 atom stereocenters. The van der Waals surface area contributed by atoms with E-state index in [0.29, 0.717) is 28.5 Å². The smallest absolute Gasteiger partial charge is 0.313 e. The lowest BCUT2D eigenvalue weighted by Gasteiger charge is -2.06. The van der Waals surface area contributed by atoms with Gasteiger partial charge in [0.2, 0.25) is 5.91 Å². The molecule has 2 rings (SSSR count). The second-order valence-electron chi connectivity index (χ2n) is 4.19. The Kier molecular flexibility index (Phi) is 4.69. The van der Waals surface area contributed by atoms with Crippen molar-refractivity contribution < 1.29 is 19.4 Å². The number of amides is 1. The van der Waals surface area contributed by atoms with Gasteiger partial charge in [-0.3, -0.25) is 9.59 Å². The van der Waals surface area contributed by atoms with Crippen molar-refractivity contribution in [3.63, 3.8) is 0 Å². The molecule has 0 fully saturated rings. The lowest BCUT2D eigenvalue weighted by Crippen LogP contribution is -2.19. The highest BCUT2D eigenvalue weighted by Gasteiger charge is 2.16. The first kappa shape index (κ1) is 15.2. The van der Waals surface area contributed by atoms with E-state index in [2.05, 4.69) is 4.98 Å². The van der Waals surface area contributed by atoms with Gasteiger partial charge in [-0.2, -0.15) is 0 Å². The number of thioether (sulfide) groups is 1. The lowest BCUT2D eigenvalue weighted by atomic mass is 10.3. The number of nitrogens with zero attached hydrogens (tertiary/aromatic N) is 2. The summed E-state index contributed by atoms with van der Waals surface area (Å²) in [5.74, 6) is -1.03. The molecule has 1 aromatic carbocycles.